The summed E-state index contributed by atoms with van der Waals surface area (Å²) in [5.74, 6) is 0. The van der Waals surface area contributed by atoms with E-state index in [4.69, 9.17) is 11.6 Å². The van der Waals surface area contributed by atoms with Gasteiger partial charge in [0.15, 0.2) is 0 Å². The number of rotatable bonds is 4. The van der Waals surface area contributed by atoms with E-state index in [0.29, 0.717) is 11.2 Å². The molecule has 0 saturated carbocycles. The lowest BCUT2D eigenvalue weighted by molar-refractivity contribution is 0.252. The molecular weight excluding hydrogens is 232 g/mol. The number of nitrogens with zero attached hydrogens (tertiary/aromatic N) is 2. The van der Waals surface area contributed by atoms with Crippen molar-refractivity contribution in [3.63, 3.8) is 0 Å². The highest BCUT2D eigenvalue weighted by molar-refractivity contribution is 6.29. The first-order valence-corrected chi connectivity index (χ1v) is 6.97. The Kier molecular flexibility index (Phi) is 4.41. The maximum absolute atomic E-state index is 5.92. The first-order valence-electron chi connectivity index (χ1n) is 6.59. The van der Waals surface area contributed by atoms with Crippen LogP contribution in [0.4, 0.5) is 0 Å². The van der Waals surface area contributed by atoms with Gasteiger partial charge in [0.1, 0.15) is 5.15 Å². The molecule has 0 amide bonds. The van der Waals surface area contributed by atoms with Gasteiger partial charge in [0.25, 0.3) is 0 Å². The van der Waals surface area contributed by atoms with Gasteiger partial charge < -0.3 is 0 Å². The molecule has 3 heteroatoms. The number of aromatic nitrogens is 1. The van der Waals surface area contributed by atoms with Crippen LogP contribution in [0.1, 0.15) is 49.9 Å². The lowest BCUT2D eigenvalue weighted by atomic mass is 10.0. The molecule has 0 radical (unpaired) electrons. The van der Waals surface area contributed by atoms with Crippen LogP contribution in [0.2, 0.25) is 5.15 Å². The topological polar surface area (TPSA) is 16.1 Å². The van der Waals surface area contributed by atoms with Gasteiger partial charge in [0.2, 0.25) is 0 Å². The van der Waals surface area contributed by atoms with Crippen LogP contribution in [0.3, 0.4) is 0 Å². The van der Waals surface area contributed by atoms with Gasteiger partial charge in [-0.25, -0.2) is 4.98 Å². The number of halogens is 1. The lowest BCUT2D eigenvalue weighted by Gasteiger charge is -2.25. The first kappa shape index (κ1) is 12.8. The van der Waals surface area contributed by atoms with Crippen molar-refractivity contribution >= 4 is 11.6 Å². The zero-order chi connectivity index (χ0) is 12.3. The maximum atomic E-state index is 5.92. The largest absolute Gasteiger partial charge is 0.296 e. The van der Waals surface area contributed by atoms with Crippen LogP contribution in [0.25, 0.3) is 0 Å². The molecule has 0 bridgehead atoms. The SMILES string of the molecule is CCCCN1CCC[C@H]1c1ccc(Cl)nc1C. The summed E-state index contributed by atoms with van der Waals surface area (Å²) < 4.78 is 0. The highest BCUT2D eigenvalue weighted by atomic mass is 35.5. The van der Waals surface area contributed by atoms with Gasteiger partial charge in [-0.15, -0.1) is 0 Å². The summed E-state index contributed by atoms with van der Waals surface area (Å²) in [6, 6.07) is 4.63. The predicted octanol–water partition coefficient (Wildman–Crippen LogP) is 3.98. The minimum absolute atomic E-state index is 0.561. The molecule has 1 aliphatic heterocycles. The van der Waals surface area contributed by atoms with E-state index in [1.165, 1.54) is 44.3 Å². The van der Waals surface area contributed by atoms with Crippen molar-refractivity contribution < 1.29 is 0 Å². The monoisotopic (exact) mass is 252 g/mol. The average molecular weight is 253 g/mol. The third-order valence-electron chi connectivity index (χ3n) is 3.61. The molecule has 1 saturated heterocycles. The van der Waals surface area contributed by atoms with E-state index in [-0.39, 0.29) is 0 Å². The van der Waals surface area contributed by atoms with Crippen LogP contribution in [-0.4, -0.2) is 23.0 Å². The van der Waals surface area contributed by atoms with E-state index in [9.17, 15) is 0 Å². The van der Waals surface area contributed by atoms with Gasteiger partial charge in [-0.2, -0.15) is 0 Å². The third-order valence-corrected chi connectivity index (χ3v) is 3.82. The van der Waals surface area contributed by atoms with Gasteiger partial charge in [-0.05, 0) is 50.9 Å². The number of hydrogen-bond donors (Lipinski definition) is 0. The van der Waals surface area contributed by atoms with E-state index in [2.05, 4.69) is 29.8 Å². The Hall–Kier alpha value is -0.600. The van der Waals surface area contributed by atoms with Gasteiger partial charge in [-0.3, -0.25) is 4.90 Å². The fourth-order valence-electron chi connectivity index (χ4n) is 2.70. The summed E-state index contributed by atoms with van der Waals surface area (Å²) in [6.45, 7) is 6.76. The Morgan fingerprint density at radius 1 is 1.47 bits per heavy atom. The molecule has 2 rings (SSSR count). The van der Waals surface area contributed by atoms with Crippen LogP contribution in [0, 0.1) is 6.92 Å². The molecule has 17 heavy (non-hydrogen) atoms. The van der Waals surface area contributed by atoms with Gasteiger partial charge >= 0.3 is 0 Å². The Balaban J connectivity index is 2.14. The number of unbranched alkanes of at least 4 members (excludes halogenated alkanes) is 1. The molecule has 0 aliphatic carbocycles. The average Bonchev–Trinajstić information content (AvgIpc) is 2.74. The molecule has 2 heterocycles. The first-order chi connectivity index (χ1) is 8.22. The normalized spacial score (nSPS) is 21.0. The third kappa shape index (κ3) is 2.99. The van der Waals surface area contributed by atoms with E-state index in [1.807, 2.05) is 6.07 Å². The van der Waals surface area contributed by atoms with Crippen LogP contribution in [0.15, 0.2) is 12.1 Å². The van der Waals surface area contributed by atoms with E-state index in [1.54, 1.807) is 0 Å². The summed E-state index contributed by atoms with van der Waals surface area (Å²) >= 11 is 5.92. The fraction of sp³-hybridized carbons (Fsp3) is 0.643. The number of pyridine rings is 1. The minimum Gasteiger partial charge on any atom is -0.296 e. The quantitative estimate of drug-likeness (QED) is 0.754. The number of hydrogen-bond acceptors (Lipinski definition) is 2. The van der Waals surface area contributed by atoms with Crippen LogP contribution < -0.4 is 0 Å². The maximum Gasteiger partial charge on any atom is 0.129 e. The van der Waals surface area contributed by atoms with E-state index >= 15 is 0 Å². The van der Waals surface area contributed by atoms with Gasteiger partial charge in [0.05, 0.1) is 0 Å². The molecule has 0 aromatic carbocycles. The lowest BCUT2D eigenvalue weighted by Crippen LogP contribution is -2.25. The molecule has 94 valence electrons. The molecular formula is C14H21ClN2. The van der Waals surface area contributed by atoms with Crippen LogP contribution in [0.5, 0.6) is 0 Å². The molecule has 2 nitrogen and oxygen atoms in total. The molecule has 0 unspecified atom stereocenters. The molecule has 0 spiro atoms. The zero-order valence-corrected chi connectivity index (χ0v) is 11.5. The minimum atomic E-state index is 0.561. The highest BCUT2D eigenvalue weighted by Gasteiger charge is 2.26. The Labute approximate surface area is 109 Å². The van der Waals surface area contributed by atoms with E-state index < -0.39 is 0 Å². The molecule has 1 atom stereocenters. The molecule has 1 aliphatic rings. The fourth-order valence-corrected chi connectivity index (χ4v) is 2.89. The Bertz CT molecular complexity index is 378. The summed E-state index contributed by atoms with van der Waals surface area (Å²) in [6.07, 6.45) is 5.11. The highest BCUT2D eigenvalue weighted by Crippen LogP contribution is 2.33. The van der Waals surface area contributed by atoms with Crippen molar-refractivity contribution in [2.75, 3.05) is 13.1 Å². The summed E-state index contributed by atoms with van der Waals surface area (Å²) in [5, 5.41) is 0.601. The molecule has 1 aromatic heterocycles. The van der Waals surface area contributed by atoms with E-state index in [0.717, 1.165) is 5.69 Å². The van der Waals surface area contributed by atoms with Crippen LogP contribution >= 0.6 is 11.6 Å². The Morgan fingerprint density at radius 2 is 2.29 bits per heavy atom. The van der Waals surface area contributed by atoms with Gasteiger partial charge in [0, 0.05) is 11.7 Å². The van der Waals surface area contributed by atoms with Crippen molar-refractivity contribution in [1.82, 2.24) is 9.88 Å². The zero-order valence-electron chi connectivity index (χ0n) is 10.7. The second kappa shape index (κ2) is 5.83. The Morgan fingerprint density at radius 3 is 3.00 bits per heavy atom. The van der Waals surface area contributed by atoms with Crippen molar-refractivity contribution in [3.8, 4) is 0 Å². The number of likely N-dealkylation sites (tertiary alicyclic amines) is 1. The molecule has 1 fully saturated rings. The van der Waals surface area contributed by atoms with Crippen molar-refractivity contribution in [1.29, 1.82) is 0 Å². The standard InChI is InChI=1S/C14H21ClN2/c1-3-4-9-17-10-5-6-13(17)12-7-8-14(15)16-11(12)2/h7-8,13H,3-6,9-10H2,1-2H3/t13-/m0/s1. The smallest absolute Gasteiger partial charge is 0.129 e. The molecule has 1 aromatic rings. The van der Waals surface area contributed by atoms with Crippen LogP contribution in [-0.2, 0) is 0 Å². The summed E-state index contributed by atoms with van der Waals surface area (Å²) in [7, 11) is 0. The van der Waals surface area contributed by atoms with Crippen molar-refractivity contribution in [3.05, 3.63) is 28.5 Å². The van der Waals surface area contributed by atoms with Crippen molar-refractivity contribution in [2.24, 2.45) is 0 Å². The summed E-state index contributed by atoms with van der Waals surface area (Å²) in [4.78, 5) is 6.97. The second-order valence-electron chi connectivity index (χ2n) is 4.86. The second-order valence-corrected chi connectivity index (χ2v) is 5.24. The predicted molar refractivity (Wildman–Crippen MR) is 72.4 cm³/mol. The van der Waals surface area contributed by atoms with Gasteiger partial charge in [-0.1, -0.05) is 31.0 Å². The molecule has 0 N–H and O–H groups in total. The number of aryl methyl sites for hydroxylation is 1. The van der Waals surface area contributed by atoms with Crippen molar-refractivity contribution in [2.45, 2.75) is 45.6 Å². The summed E-state index contributed by atoms with van der Waals surface area (Å²) in [5.41, 5.74) is 2.45.